The van der Waals surface area contributed by atoms with Crippen LogP contribution in [0.4, 0.5) is 11.6 Å². The number of anilines is 2. The summed E-state index contributed by atoms with van der Waals surface area (Å²) in [6.07, 6.45) is 4.92. The van der Waals surface area contributed by atoms with Crippen LogP contribution in [0, 0.1) is 0 Å². The first-order chi connectivity index (χ1) is 12.0. The molecule has 0 aliphatic heterocycles. The predicted molar refractivity (Wildman–Crippen MR) is 98.2 cm³/mol. The minimum absolute atomic E-state index is 0.0226. The fraction of sp³-hybridized carbons (Fsp3) is 0.368. The minimum Gasteiger partial charge on any atom is -0.339 e. The molecule has 0 atom stereocenters. The normalized spacial score (nSPS) is 10.4. The molecule has 1 amide bonds. The Balaban J connectivity index is 2.05. The van der Waals surface area contributed by atoms with Gasteiger partial charge in [-0.2, -0.15) is 0 Å². The van der Waals surface area contributed by atoms with E-state index in [0.717, 1.165) is 31.6 Å². The molecule has 1 N–H and O–H groups in total. The lowest BCUT2D eigenvalue weighted by Crippen LogP contribution is -2.32. The molecule has 1 heterocycles. The lowest BCUT2D eigenvalue weighted by Gasteiger charge is -2.21. The van der Waals surface area contributed by atoms with E-state index in [4.69, 9.17) is 0 Å². The second-order valence-corrected chi connectivity index (χ2v) is 5.85. The van der Waals surface area contributed by atoms with Gasteiger partial charge in [-0.15, -0.1) is 0 Å². The lowest BCUT2D eigenvalue weighted by molar-refractivity contribution is 0.0754. The van der Waals surface area contributed by atoms with Gasteiger partial charge in [-0.3, -0.25) is 9.59 Å². The standard InChI is InChI=1S/C19H24N4O2/c1-4-10-23(11-5-2)18(25)16-12-20-19(21-13-16)22-17-8-6-15(7-9-17)14(3)24/h6-9,12-13H,4-5,10-11H2,1-3H3,(H,20,21,22). The molecule has 6 heteroatoms. The van der Waals surface area contributed by atoms with E-state index in [1.807, 2.05) is 4.90 Å². The number of carbonyl (C=O) groups is 2. The first-order valence-electron chi connectivity index (χ1n) is 8.54. The van der Waals surface area contributed by atoms with Crippen LogP contribution in [-0.4, -0.2) is 39.6 Å². The summed E-state index contributed by atoms with van der Waals surface area (Å²) in [5, 5.41) is 3.06. The molecule has 6 nitrogen and oxygen atoms in total. The Morgan fingerprint density at radius 3 is 2.00 bits per heavy atom. The highest BCUT2D eigenvalue weighted by atomic mass is 16.2. The van der Waals surface area contributed by atoms with Crippen LogP contribution in [0.3, 0.4) is 0 Å². The topological polar surface area (TPSA) is 75.2 Å². The molecule has 0 fully saturated rings. The van der Waals surface area contributed by atoms with Crippen LogP contribution in [-0.2, 0) is 0 Å². The van der Waals surface area contributed by atoms with Gasteiger partial charge in [-0.1, -0.05) is 13.8 Å². The molecule has 25 heavy (non-hydrogen) atoms. The van der Waals surface area contributed by atoms with E-state index in [0.29, 0.717) is 17.1 Å². The Bertz CT molecular complexity index is 705. The minimum atomic E-state index is -0.0407. The van der Waals surface area contributed by atoms with Crippen molar-refractivity contribution in [3.8, 4) is 0 Å². The van der Waals surface area contributed by atoms with E-state index in [-0.39, 0.29) is 11.7 Å². The zero-order chi connectivity index (χ0) is 18.2. The summed E-state index contributed by atoms with van der Waals surface area (Å²) in [5.74, 6) is 0.389. The van der Waals surface area contributed by atoms with Gasteiger partial charge in [0.15, 0.2) is 5.78 Å². The van der Waals surface area contributed by atoms with Gasteiger partial charge in [0.1, 0.15) is 0 Å². The second-order valence-electron chi connectivity index (χ2n) is 5.85. The molecule has 1 aromatic carbocycles. The van der Waals surface area contributed by atoms with Crippen molar-refractivity contribution in [2.75, 3.05) is 18.4 Å². The average molecular weight is 340 g/mol. The van der Waals surface area contributed by atoms with E-state index in [1.165, 1.54) is 6.92 Å². The maximum Gasteiger partial charge on any atom is 0.256 e. The quantitative estimate of drug-likeness (QED) is 0.742. The van der Waals surface area contributed by atoms with Crippen LogP contribution in [0.2, 0.25) is 0 Å². The number of nitrogens with one attached hydrogen (secondary N) is 1. The number of Topliss-reactive ketones (excluding diaryl/α,β-unsaturated/α-hetero) is 1. The van der Waals surface area contributed by atoms with Crippen molar-refractivity contribution in [2.45, 2.75) is 33.6 Å². The maximum atomic E-state index is 12.5. The summed E-state index contributed by atoms with van der Waals surface area (Å²) in [5.41, 5.74) is 1.92. The largest absolute Gasteiger partial charge is 0.339 e. The Morgan fingerprint density at radius 2 is 1.52 bits per heavy atom. The number of hydrogen-bond acceptors (Lipinski definition) is 5. The highest BCUT2D eigenvalue weighted by molar-refractivity contribution is 5.94. The van der Waals surface area contributed by atoms with Crippen molar-refractivity contribution in [3.05, 3.63) is 47.8 Å². The molecule has 0 radical (unpaired) electrons. The summed E-state index contributed by atoms with van der Waals surface area (Å²) in [4.78, 5) is 34.0. The summed E-state index contributed by atoms with van der Waals surface area (Å²) in [7, 11) is 0. The Hall–Kier alpha value is -2.76. The Labute approximate surface area is 148 Å². The van der Waals surface area contributed by atoms with Crippen molar-refractivity contribution in [1.29, 1.82) is 0 Å². The molecule has 2 aromatic rings. The van der Waals surface area contributed by atoms with Gasteiger partial charge in [0, 0.05) is 36.7 Å². The van der Waals surface area contributed by atoms with Gasteiger partial charge in [-0.05, 0) is 44.0 Å². The number of rotatable bonds is 8. The average Bonchev–Trinajstić information content (AvgIpc) is 2.62. The van der Waals surface area contributed by atoms with Crippen molar-refractivity contribution in [3.63, 3.8) is 0 Å². The van der Waals surface area contributed by atoms with Gasteiger partial charge in [0.05, 0.1) is 5.56 Å². The zero-order valence-corrected chi connectivity index (χ0v) is 15.0. The zero-order valence-electron chi connectivity index (χ0n) is 15.0. The fourth-order valence-corrected chi connectivity index (χ4v) is 2.46. The first kappa shape index (κ1) is 18.6. The lowest BCUT2D eigenvalue weighted by atomic mass is 10.1. The van der Waals surface area contributed by atoms with E-state index in [2.05, 4.69) is 29.1 Å². The van der Waals surface area contributed by atoms with Crippen molar-refractivity contribution < 1.29 is 9.59 Å². The third-order valence-electron chi connectivity index (χ3n) is 3.72. The van der Waals surface area contributed by atoms with Crippen LogP contribution in [0.5, 0.6) is 0 Å². The number of ketones is 1. The van der Waals surface area contributed by atoms with Crippen LogP contribution in [0.1, 0.15) is 54.3 Å². The number of benzene rings is 1. The fourth-order valence-electron chi connectivity index (χ4n) is 2.46. The second kappa shape index (κ2) is 8.92. The molecule has 0 saturated heterocycles. The number of hydrogen-bond donors (Lipinski definition) is 1. The van der Waals surface area contributed by atoms with Crippen LogP contribution in [0.25, 0.3) is 0 Å². The van der Waals surface area contributed by atoms with Crippen molar-refractivity contribution in [2.24, 2.45) is 0 Å². The molecule has 0 spiro atoms. The Kier molecular flexibility index (Phi) is 6.62. The maximum absolute atomic E-state index is 12.5. The highest BCUT2D eigenvalue weighted by Gasteiger charge is 2.15. The molecule has 1 aromatic heterocycles. The van der Waals surface area contributed by atoms with E-state index in [1.54, 1.807) is 36.7 Å². The van der Waals surface area contributed by atoms with Crippen LogP contribution >= 0.6 is 0 Å². The molecular formula is C19H24N4O2. The highest BCUT2D eigenvalue weighted by Crippen LogP contribution is 2.14. The third kappa shape index (κ3) is 5.11. The smallest absolute Gasteiger partial charge is 0.256 e. The first-order valence-corrected chi connectivity index (χ1v) is 8.54. The molecule has 0 bridgehead atoms. The Morgan fingerprint density at radius 1 is 0.960 bits per heavy atom. The number of carbonyl (C=O) groups excluding carboxylic acids is 2. The summed E-state index contributed by atoms with van der Waals surface area (Å²) < 4.78 is 0. The SMILES string of the molecule is CCCN(CCC)C(=O)c1cnc(Nc2ccc(C(C)=O)cc2)nc1. The molecule has 0 saturated carbocycles. The third-order valence-corrected chi connectivity index (χ3v) is 3.72. The van der Waals surface area contributed by atoms with Crippen molar-refractivity contribution >= 4 is 23.3 Å². The summed E-state index contributed by atoms with van der Waals surface area (Å²) in [6.45, 7) is 7.10. The van der Waals surface area contributed by atoms with Gasteiger partial charge in [-0.25, -0.2) is 9.97 Å². The molecule has 2 rings (SSSR count). The van der Waals surface area contributed by atoms with E-state index < -0.39 is 0 Å². The molecule has 0 aliphatic rings. The summed E-state index contributed by atoms with van der Waals surface area (Å²) >= 11 is 0. The molecular weight excluding hydrogens is 316 g/mol. The van der Waals surface area contributed by atoms with Gasteiger partial charge in [0.25, 0.3) is 5.91 Å². The van der Waals surface area contributed by atoms with Crippen molar-refractivity contribution in [1.82, 2.24) is 14.9 Å². The van der Waals surface area contributed by atoms with Crippen LogP contribution in [0.15, 0.2) is 36.7 Å². The molecule has 0 aliphatic carbocycles. The summed E-state index contributed by atoms with van der Waals surface area (Å²) in [6, 6.07) is 7.08. The molecule has 132 valence electrons. The van der Waals surface area contributed by atoms with Gasteiger partial charge >= 0.3 is 0 Å². The van der Waals surface area contributed by atoms with Gasteiger partial charge < -0.3 is 10.2 Å². The van der Waals surface area contributed by atoms with E-state index >= 15 is 0 Å². The van der Waals surface area contributed by atoms with Crippen LogP contribution < -0.4 is 5.32 Å². The molecule has 0 unspecified atom stereocenters. The van der Waals surface area contributed by atoms with E-state index in [9.17, 15) is 9.59 Å². The van der Waals surface area contributed by atoms with Gasteiger partial charge in [0.2, 0.25) is 5.95 Å². The number of aromatic nitrogens is 2. The number of amides is 1. The predicted octanol–water partition coefficient (Wildman–Crippen LogP) is 3.69. The monoisotopic (exact) mass is 340 g/mol. The number of nitrogens with zero attached hydrogens (tertiary/aromatic N) is 3.